The third-order valence-electron chi connectivity index (χ3n) is 4.75. The Morgan fingerprint density at radius 2 is 2.19 bits per heavy atom. The van der Waals surface area contributed by atoms with Gasteiger partial charge in [0.25, 0.3) is 11.5 Å². The van der Waals surface area contributed by atoms with Gasteiger partial charge in [-0.05, 0) is 18.9 Å². The maximum atomic E-state index is 12.7. The van der Waals surface area contributed by atoms with Crippen molar-refractivity contribution in [1.82, 2.24) is 20.2 Å². The van der Waals surface area contributed by atoms with Crippen LogP contribution < -0.4 is 10.9 Å². The second kappa shape index (κ2) is 6.76. The van der Waals surface area contributed by atoms with E-state index in [-0.39, 0.29) is 34.2 Å². The van der Waals surface area contributed by atoms with Gasteiger partial charge in [-0.15, -0.1) is 0 Å². The van der Waals surface area contributed by atoms with Crippen LogP contribution >= 0.6 is 0 Å². The molecule has 1 atom stereocenters. The summed E-state index contributed by atoms with van der Waals surface area (Å²) in [5.41, 5.74) is 1.35. The Hall–Kier alpha value is -2.93. The van der Waals surface area contributed by atoms with Crippen LogP contribution in [0.2, 0.25) is 0 Å². The summed E-state index contributed by atoms with van der Waals surface area (Å²) in [6.45, 7) is 4.24. The number of carbonyl (C=O) groups is 1. The van der Waals surface area contributed by atoms with Crippen molar-refractivity contribution in [3.63, 3.8) is 0 Å². The van der Waals surface area contributed by atoms with Crippen molar-refractivity contribution in [3.05, 3.63) is 63.9 Å². The summed E-state index contributed by atoms with van der Waals surface area (Å²) in [6, 6.07) is 10.3. The average Bonchev–Trinajstić information content (AvgIpc) is 3.20. The summed E-state index contributed by atoms with van der Waals surface area (Å²) in [7, 11) is 0. The quantitative estimate of drug-likeness (QED) is 0.747. The van der Waals surface area contributed by atoms with Crippen LogP contribution in [0.1, 0.15) is 28.1 Å². The molecule has 1 aliphatic rings. The largest absolute Gasteiger partial charge is 0.442 e. The molecule has 1 fully saturated rings. The smallest absolute Gasteiger partial charge is 0.262 e. The minimum absolute atomic E-state index is 0.0475. The summed E-state index contributed by atoms with van der Waals surface area (Å²) in [4.78, 5) is 33.6. The lowest BCUT2D eigenvalue weighted by Gasteiger charge is -2.16. The number of likely N-dealkylation sites (tertiary alicyclic amines) is 1. The molecule has 0 unspecified atom stereocenters. The molecule has 0 saturated carbocycles. The molecule has 0 bridgehead atoms. The number of amides is 1. The Labute approximate surface area is 150 Å². The molecule has 0 aliphatic carbocycles. The van der Waals surface area contributed by atoms with Crippen LogP contribution in [0, 0.1) is 6.92 Å². The second-order valence-electron chi connectivity index (χ2n) is 6.62. The molecule has 1 aliphatic heterocycles. The lowest BCUT2D eigenvalue weighted by molar-refractivity contribution is 0.0937. The molecule has 3 heterocycles. The van der Waals surface area contributed by atoms with E-state index in [0.29, 0.717) is 5.76 Å². The Kier molecular flexibility index (Phi) is 4.30. The van der Waals surface area contributed by atoms with Crippen LogP contribution in [-0.2, 0) is 6.54 Å². The van der Waals surface area contributed by atoms with Gasteiger partial charge in [0, 0.05) is 25.7 Å². The number of nitrogens with one attached hydrogen (secondary N) is 2. The maximum absolute atomic E-state index is 12.7. The third kappa shape index (κ3) is 3.13. The number of furan rings is 1. The van der Waals surface area contributed by atoms with Gasteiger partial charge in [0.1, 0.15) is 11.1 Å². The van der Waals surface area contributed by atoms with Gasteiger partial charge in [0.2, 0.25) is 5.71 Å². The molecule has 26 heavy (non-hydrogen) atoms. The van der Waals surface area contributed by atoms with E-state index in [1.54, 1.807) is 6.92 Å². The molecule has 4 rings (SSSR count). The highest BCUT2D eigenvalue weighted by atomic mass is 16.3. The predicted octanol–water partition coefficient (Wildman–Crippen LogP) is 1.83. The number of carbonyl (C=O) groups excluding carboxylic acids is 1. The Morgan fingerprint density at radius 3 is 3.00 bits per heavy atom. The van der Waals surface area contributed by atoms with Crippen LogP contribution in [0.5, 0.6) is 0 Å². The van der Waals surface area contributed by atoms with Gasteiger partial charge in [0.15, 0.2) is 0 Å². The zero-order valence-electron chi connectivity index (χ0n) is 14.5. The summed E-state index contributed by atoms with van der Waals surface area (Å²) in [5, 5.41) is 3.25. The summed E-state index contributed by atoms with van der Waals surface area (Å²) in [6.07, 6.45) is 2.15. The van der Waals surface area contributed by atoms with E-state index >= 15 is 0 Å². The number of fused-ring (bicyclic) bond motifs is 1. The van der Waals surface area contributed by atoms with Crippen molar-refractivity contribution >= 4 is 17.0 Å². The average molecular weight is 352 g/mol. The van der Waals surface area contributed by atoms with Gasteiger partial charge in [-0.1, -0.05) is 30.3 Å². The highest BCUT2D eigenvalue weighted by Crippen LogP contribution is 2.21. The number of rotatable bonds is 4. The first-order valence-electron chi connectivity index (χ1n) is 8.66. The molecule has 1 saturated heterocycles. The van der Waals surface area contributed by atoms with Gasteiger partial charge < -0.3 is 14.7 Å². The number of aryl methyl sites for hydroxylation is 1. The number of hydrogen-bond donors (Lipinski definition) is 2. The van der Waals surface area contributed by atoms with Gasteiger partial charge in [-0.3, -0.25) is 14.5 Å². The van der Waals surface area contributed by atoms with Crippen LogP contribution in [0.3, 0.4) is 0 Å². The van der Waals surface area contributed by atoms with E-state index in [4.69, 9.17) is 4.42 Å². The Morgan fingerprint density at radius 1 is 1.38 bits per heavy atom. The number of benzene rings is 1. The molecule has 7 nitrogen and oxygen atoms in total. The first-order valence-corrected chi connectivity index (χ1v) is 8.66. The third-order valence-corrected chi connectivity index (χ3v) is 4.75. The molecule has 1 aromatic carbocycles. The van der Waals surface area contributed by atoms with Gasteiger partial charge in [0.05, 0.1) is 11.9 Å². The zero-order chi connectivity index (χ0) is 18.1. The highest BCUT2D eigenvalue weighted by Gasteiger charge is 2.27. The molecule has 0 spiro atoms. The fourth-order valence-corrected chi connectivity index (χ4v) is 3.52. The Balaban J connectivity index is 1.46. The molecule has 2 N–H and O–H groups in total. The first kappa shape index (κ1) is 16.5. The SMILES string of the molecule is Cc1oc2nc[nH]c(=O)c2c1C(=O)N[C@H]1CCN(Cc2ccccc2)C1. The number of nitrogens with zero attached hydrogens (tertiary/aromatic N) is 2. The minimum atomic E-state index is -0.367. The molecule has 7 heteroatoms. The van der Waals surface area contributed by atoms with E-state index < -0.39 is 0 Å². The number of H-pyrrole nitrogens is 1. The zero-order valence-corrected chi connectivity index (χ0v) is 14.5. The minimum Gasteiger partial charge on any atom is -0.442 e. The van der Waals surface area contributed by atoms with Gasteiger partial charge >= 0.3 is 0 Å². The summed E-state index contributed by atoms with van der Waals surface area (Å²) < 4.78 is 5.46. The molecule has 134 valence electrons. The Bertz CT molecular complexity index is 993. The topological polar surface area (TPSA) is 91.2 Å². The van der Waals surface area contributed by atoms with Crippen molar-refractivity contribution in [3.8, 4) is 0 Å². The van der Waals surface area contributed by atoms with E-state index in [9.17, 15) is 9.59 Å². The molecular weight excluding hydrogens is 332 g/mol. The van der Waals surface area contributed by atoms with E-state index in [1.807, 2.05) is 18.2 Å². The van der Waals surface area contributed by atoms with Gasteiger partial charge in [-0.25, -0.2) is 4.98 Å². The normalized spacial score (nSPS) is 17.7. The highest BCUT2D eigenvalue weighted by molar-refractivity contribution is 6.06. The van der Waals surface area contributed by atoms with Crippen LogP contribution in [0.25, 0.3) is 11.1 Å². The van der Waals surface area contributed by atoms with E-state index in [0.717, 1.165) is 26.1 Å². The molecule has 0 radical (unpaired) electrons. The lowest BCUT2D eigenvalue weighted by Crippen LogP contribution is -2.37. The lowest BCUT2D eigenvalue weighted by atomic mass is 10.1. The summed E-state index contributed by atoms with van der Waals surface area (Å²) >= 11 is 0. The fraction of sp³-hybridized carbons (Fsp3) is 0.316. The van der Waals surface area contributed by atoms with Crippen LogP contribution in [0.15, 0.2) is 45.9 Å². The molecular formula is C19H20N4O3. The molecule has 3 aromatic rings. The van der Waals surface area contributed by atoms with Crippen molar-refractivity contribution in [1.29, 1.82) is 0 Å². The number of aromatic amines is 1. The molecule has 2 aromatic heterocycles. The maximum Gasteiger partial charge on any atom is 0.262 e. The number of hydrogen-bond acceptors (Lipinski definition) is 5. The fourth-order valence-electron chi connectivity index (χ4n) is 3.52. The summed E-state index contributed by atoms with van der Waals surface area (Å²) in [5.74, 6) is 0.118. The van der Waals surface area contributed by atoms with Crippen molar-refractivity contribution in [2.45, 2.75) is 25.9 Å². The first-order chi connectivity index (χ1) is 12.6. The number of aromatic nitrogens is 2. The van der Waals surface area contributed by atoms with Gasteiger partial charge in [-0.2, -0.15) is 0 Å². The predicted molar refractivity (Wildman–Crippen MR) is 97.0 cm³/mol. The van der Waals surface area contributed by atoms with Crippen molar-refractivity contribution in [2.24, 2.45) is 0 Å². The molecule has 1 amide bonds. The standard InChI is InChI=1S/C19H20N4O3/c1-12-15(16-17(24)20-11-21-19(16)26-12)18(25)22-14-7-8-23(10-14)9-13-5-3-2-4-6-13/h2-6,11,14H,7-10H2,1H3,(H,22,25)(H,20,21,24)/t14-/m0/s1. The van der Waals surface area contributed by atoms with E-state index in [2.05, 4.69) is 32.3 Å². The monoisotopic (exact) mass is 352 g/mol. The van der Waals surface area contributed by atoms with Crippen molar-refractivity contribution in [2.75, 3.05) is 13.1 Å². The second-order valence-corrected chi connectivity index (χ2v) is 6.62. The van der Waals surface area contributed by atoms with Crippen LogP contribution in [-0.4, -0.2) is 39.9 Å². The van der Waals surface area contributed by atoms with Crippen LogP contribution in [0.4, 0.5) is 0 Å². The van der Waals surface area contributed by atoms with Crippen molar-refractivity contribution < 1.29 is 9.21 Å². The van der Waals surface area contributed by atoms with E-state index in [1.165, 1.54) is 11.9 Å².